The zero-order valence-electron chi connectivity index (χ0n) is 10.2. The Balaban J connectivity index is 2.98. The predicted octanol–water partition coefficient (Wildman–Crippen LogP) is 2.10. The Morgan fingerprint density at radius 3 is 2.82 bits per heavy atom. The van der Waals surface area contributed by atoms with Crippen molar-refractivity contribution in [1.82, 2.24) is 14.3 Å². The molecular weight excluding hydrogens is 240 g/mol. The highest BCUT2D eigenvalue weighted by Crippen LogP contribution is 2.09. The molecule has 0 aliphatic rings. The first kappa shape index (κ1) is 13.4. The van der Waals surface area contributed by atoms with Crippen LogP contribution < -0.4 is 5.32 Å². The Kier molecular flexibility index (Phi) is 4.45. The second kappa shape index (κ2) is 5.62. The number of aryl methyl sites for hydroxylation is 1. The summed E-state index contributed by atoms with van der Waals surface area (Å²) in [6.07, 6.45) is -0.545. The third-order valence-corrected chi connectivity index (χ3v) is 2.41. The SMILES string of the molecule is C=C(C)Cn1c(NC(=O)OCC)nn(C)c1=S. The number of carbonyl (C=O) groups is 1. The van der Waals surface area contributed by atoms with Gasteiger partial charge in [-0.15, -0.1) is 5.10 Å². The van der Waals surface area contributed by atoms with Gasteiger partial charge < -0.3 is 4.74 Å². The number of hydrogen-bond acceptors (Lipinski definition) is 4. The monoisotopic (exact) mass is 256 g/mol. The molecule has 1 heterocycles. The Labute approximate surface area is 105 Å². The van der Waals surface area contributed by atoms with Crippen molar-refractivity contribution in [2.45, 2.75) is 20.4 Å². The van der Waals surface area contributed by atoms with Crippen molar-refractivity contribution in [2.24, 2.45) is 7.05 Å². The average molecular weight is 256 g/mol. The minimum Gasteiger partial charge on any atom is -0.450 e. The van der Waals surface area contributed by atoms with E-state index in [0.29, 0.717) is 23.9 Å². The van der Waals surface area contributed by atoms with Gasteiger partial charge in [-0.2, -0.15) is 0 Å². The first-order valence-corrected chi connectivity index (χ1v) is 5.58. The number of anilines is 1. The summed E-state index contributed by atoms with van der Waals surface area (Å²) in [5.74, 6) is 0.360. The molecule has 0 aromatic carbocycles. The van der Waals surface area contributed by atoms with Crippen LogP contribution in [0.5, 0.6) is 0 Å². The lowest BCUT2D eigenvalue weighted by atomic mass is 10.3. The summed E-state index contributed by atoms with van der Waals surface area (Å²) in [5, 5.41) is 6.65. The molecule has 6 nitrogen and oxygen atoms in total. The third-order valence-electron chi connectivity index (χ3n) is 1.93. The quantitative estimate of drug-likeness (QED) is 0.662. The van der Waals surface area contributed by atoms with Gasteiger partial charge in [-0.1, -0.05) is 12.2 Å². The third kappa shape index (κ3) is 3.42. The predicted molar refractivity (Wildman–Crippen MR) is 67.5 cm³/mol. The van der Waals surface area contributed by atoms with E-state index < -0.39 is 6.09 Å². The molecule has 1 aromatic heterocycles. The van der Waals surface area contributed by atoms with Crippen molar-refractivity contribution in [3.05, 3.63) is 16.9 Å². The average Bonchev–Trinajstić information content (AvgIpc) is 2.46. The van der Waals surface area contributed by atoms with Crippen LogP contribution in [0.15, 0.2) is 12.2 Å². The largest absolute Gasteiger partial charge is 0.450 e. The zero-order valence-corrected chi connectivity index (χ0v) is 11.0. The lowest BCUT2D eigenvalue weighted by Gasteiger charge is -2.07. The highest BCUT2D eigenvalue weighted by atomic mass is 32.1. The zero-order chi connectivity index (χ0) is 13.0. The van der Waals surface area contributed by atoms with Crippen LogP contribution in [-0.2, 0) is 18.3 Å². The van der Waals surface area contributed by atoms with Gasteiger partial charge in [0.25, 0.3) is 0 Å². The van der Waals surface area contributed by atoms with Crippen LogP contribution in [0.2, 0.25) is 0 Å². The van der Waals surface area contributed by atoms with E-state index in [1.54, 1.807) is 18.5 Å². The van der Waals surface area contributed by atoms with Gasteiger partial charge in [0.2, 0.25) is 5.95 Å². The maximum Gasteiger partial charge on any atom is 0.414 e. The fraction of sp³-hybridized carbons (Fsp3) is 0.500. The molecule has 94 valence electrons. The summed E-state index contributed by atoms with van der Waals surface area (Å²) in [5.41, 5.74) is 0.918. The van der Waals surface area contributed by atoms with E-state index in [1.165, 1.54) is 4.68 Å². The van der Waals surface area contributed by atoms with E-state index in [0.717, 1.165) is 5.57 Å². The van der Waals surface area contributed by atoms with Crippen LogP contribution in [0, 0.1) is 4.77 Å². The number of amides is 1. The summed E-state index contributed by atoms with van der Waals surface area (Å²) in [7, 11) is 1.72. The van der Waals surface area contributed by atoms with E-state index in [1.807, 2.05) is 6.92 Å². The molecule has 0 aliphatic carbocycles. The van der Waals surface area contributed by atoms with Gasteiger partial charge in [0, 0.05) is 13.6 Å². The van der Waals surface area contributed by atoms with Crippen LogP contribution in [0.4, 0.5) is 10.7 Å². The van der Waals surface area contributed by atoms with E-state index in [4.69, 9.17) is 17.0 Å². The minimum atomic E-state index is -0.545. The number of nitrogens with zero attached hydrogens (tertiary/aromatic N) is 3. The van der Waals surface area contributed by atoms with E-state index >= 15 is 0 Å². The molecule has 0 bridgehead atoms. The summed E-state index contributed by atoms with van der Waals surface area (Å²) in [4.78, 5) is 11.3. The number of carbonyl (C=O) groups excluding carboxylic acids is 1. The molecule has 17 heavy (non-hydrogen) atoms. The van der Waals surface area contributed by atoms with Crippen molar-refractivity contribution in [3.8, 4) is 0 Å². The number of ether oxygens (including phenoxy) is 1. The van der Waals surface area contributed by atoms with Crippen molar-refractivity contribution in [1.29, 1.82) is 0 Å². The molecule has 1 amide bonds. The molecule has 1 aromatic rings. The van der Waals surface area contributed by atoms with Gasteiger partial charge in [-0.05, 0) is 26.1 Å². The molecule has 0 fully saturated rings. The molecule has 0 spiro atoms. The molecule has 0 aliphatic heterocycles. The maximum absolute atomic E-state index is 11.3. The fourth-order valence-corrected chi connectivity index (χ4v) is 1.46. The molecule has 0 unspecified atom stereocenters. The number of rotatable bonds is 4. The first-order chi connectivity index (χ1) is 7.95. The minimum absolute atomic E-state index is 0.305. The summed E-state index contributed by atoms with van der Waals surface area (Å²) >= 11 is 5.18. The second-order valence-electron chi connectivity index (χ2n) is 3.62. The molecule has 0 atom stereocenters. The normalized spacial score (nSPS) is 10.1. The molecule has 1 rings (SSSR count). The Morgan fingerprint density at radius 1 is 1.65 bits per heavy atom. The van der Waals surface area contributed by atoms with Gasteiger partial charge in [0.05, 0.1) is 6.61 Å². The van der Waals surface area contributed by atoms with Gasteiger partial charge in [0.15, 0.2) is 4.77 Å². The van der Waals surface area contributed by atoms with E-state index in [9.17, 15) is 4.79 Å². The maximum atomic E-state index is 11.3. The van der Waals surface area contributed by atoms with Gasteiger partial charge in [-0.3, -0.25) is 9.88 Å². The molecule has 0 saturated carbocycles. The standard InChI is InChI=1S/C10H16N4O2S/c1-5-16-9(15)11-8-12-13(4)10(17)14(8)6-7(2)3/h2,5-6H2,1,3-4H3,(H,11,12,15). The highest BCUT2D eigenvalue weighted by Gasteiger charge is 2.12. The molecule has 1 N–H and O–H groups in total. The van der Waals surface area contributed by atoms with Crippen molar-refractivity contribution >= 4 is 24.3 Å². The number of nitrogens with one attached hydrogen (secondary N) is 1. The summed E-state index contributed by atoms with van der Waals surface area (Å²) < 4.78 is 8.50. The van der Waals surface area contributed by atoms with Crippen molar-refractivity contribution < 1.29 is 9.53 Å². The van der Waals surface area contributed by atoms with Gasteiger partial charge in [0.1, 0.15) is 0 Å². The molecule has 7 heteroatoms. The van der Waals surface area contributed by atoms with Crippen molar-refractivity contribution in [3.63, 3.8) is 0 Å². The lowest BCUT2D eigenvalue weighted by Crippen LogP contribution is -2.17. The van der Waals surface area contributed by atoms with Gasteiger partial charge in [-0.25, -0.2) is 9.48 Å². The van der Waals surface area contributed by atoms with Crippen LogP contribution >= 0.6 is 12.2 Å². The smallest absolute Gasteiger partial charge is 0.414 e. The fourth-order valence-electron chi connectivity index (χ4n) is 1.27. The van der Waals surface area contributed by atoms with E-state index in [2.05, 4.69) is 17.0 Å². The number of hydrogen-bond donors (Lipinski definition) is 1. The number of allylic oxidation sites excluding steroid dienone is 1. The summed E-state index contributed by atoms with van der Waals surface area (Å²) in [6.45, 7) is 8.24. The Hall–Kier alpha value is -1.63. The topological polar surface area (TPSA) is 61.1 Å². The van der Waals surface area contributed by atoms with Crippen LogP contribution in [-0.4, -0.2) is 27.0 Å². The summed E-state index contributed by atoms with van der Waals surface area (Å²) in [6, 6.07) is 0. The lowest BCUT2D eigenvalue weighted by molar-refractivity contribution is 0.167. The van der Waals surface area contributed by atoms with Crippen LogP contribution in [0.3, 0.4) is 0 Å². The second-order valence-corrected chi connectivity index (χ2v) is 3.98. The molecular formula is C10H16N4O2S. The first-order valence-electron chi connectivity index (χ1n) is 5.17. The Bertz CT molecular complexity index is 489. The van der Waals surface area contributed by atoms with Crippen LogP contribution in [0.25, 0.3) is 0 Å². The molecule has 0 saturated heterocycles. The van der Waals surface area contributed by atoms with E-state index in [-0.39, 0.29) is 0 Å². The number of aromatic nitrogens is 3. The van der Waals surface area contributed by atoms with Gasteiger partial charge >= 0.3 is 6.09 Å². The highest BCUT2D eigenvalue weighted by molar-refractivity contribution is 7.71. The van der Waals surface area contributed by atoms with Crippen molar-refractivity contribution in [2.75, 3.05) is 11.9 Å². The molecule has 0 radical (unpaired) electrons. The Morgan fingerprint density at radius 2 is 2.29 bits per heavy atom. The van der Waals surface area contributed by atoms with Crippen LogP contribution in [0.1, 0.15) is 13.8 Å².